The number of carbonyl (C=O) groups excluding carboxylic acids is 1. The third-order valence-corrected chi connectivity index (χ3v) is 3.45. The number of rotatable bonds is 7. The van der Waals surface area contributed by atoms with Gasteiger partial charge >= 0.3 is 0 Å². The fourth-order valence-corrected chi connectivity index (χ4v) is 2.25. The molecule has 1 heterocycles. The van der Waals surface area contributed by atoms with Crippen LogP contribution in [0.15, 0.2) is 0 Å². The molecule has 21 heavy (non-hydrogen) atoms. The maximum absolute atomic E-state index is 12.1. The van der Waals surface area contributed by atoms with Crippen molar-refractivity contribution in [1.29, 1.82) is 0 Å². The Morgan fingerprint density at radius 2 is 1.90 bits per heavy atom. The Morgan fingerprint density at radius 3 is 2.52 bits per heavy atom. The molecule has 0 aromatic carbocycles. The van der Waals surface area contributed by atoms with Gasteiger partial charge in [-0.2, -0.15) is 0 Å². The Hall–Kier alpha value is -1.05. The summed E-state index contributed by atoms with van der Waals surface area (Å²) in [6, 6.07) is 0. The first-order valence-electron chi connectivity index (χ1n) is 8.19. The van der Waals surface area contributed by atoms with Crippen LogP contribution in [0.3, 0.4) is 0 Å². The van der Waals surface area contributed by atoms with Crippen LogP contribution in [0.1, 0.15) is 40.0 Å². The maximum atomic E-state index is 12.1. The van der Waals surface area contributed by atoms with E-state index in [-0.39, 0.29) is 5.91 Å². The van der Waals surface area contributed by atoms with E-state index in [4.69, 9.17) is 4.74 Å². The van der Waals surface area contributed by atoms with Crippen molar-refractivity contribution < 1.29 is 9.53 Å². The van der Waals surface area contributed by atoms with Gasteiger partial charge in [-0.3, -0.25) is 9.69 Å². The van der Waals surface area contributed by atoms with E-state index in [0.717, 1.165) is 52.2 Å². The van der Waals surface area contributed by atoms with E-state index >= 15 is 0 Å². The Bertz CT molecular complexity index is 350. The van der Waals surface area contributed by atoms with Crippen LogP contribution in [-0.4, -0.2) is 61.6 Å². The summed E-state index contributed by atoms with van der Waals surface area (Å²) in [5, 5.41) is 0. The molecule has 4 heteroatoms. The lowest BCUT2D eigenvalue weighted by Crippen LogP contribution is -2.48. The third kappa shape index (κ3) is 8.08. The molecule has 1 saturated heterocycles. The van der Waals surface area contributed by atoms with E-state index in [2.05, 4.69) is 37.5 Å². The van der Waals surface area contributed by atoms with E-state index in [9.17, 15) is 4.79 Å². The summed E-state index contributed by atoms with van der Waals surface area (Å²) < 4.78 is 5.41. The van der Waals surface area contributed by atoms with Gasteiger partial charge in [-0.1, -0.05) is 32.6 Å². The van der Waals surface area contributed by atoms with E-state index in [0.29, 0.717) is 18.9 Å². The highest BCUT2D eigenvalue weighted by molar-refractivity contribution is 5.76. The highest BCUT2D eigenvalue weighted by Crippen LogP contribution is 2.05. The number of ether oxygens (including phenoxy) is 1. The summed E-state index contributed by atoms with van der Waals surface area (Å²) in [7, 11) is 0. The molecule has 1 fully saturated rings. The van der Waals surface area contributed by atoms with Crippen LogP contribution in [0.25, 0.3) is 0 Å². The quantitative estimate of drug-likeness (QED) is 0.532. The zero-order chi connectivity index (χ0) is 15.5. The second-order valence-electron chi connectivity index (χ2n) is 5.85. The molecule has 1 aliphatic heterocycles. The van der Waals surface area contributed by atoms with Crippen molar-refractivity contribution in [1.82, 2.24) is 9.80 Å². The maximum Gasteiger partial charge on any atom is 0.222 e. The molecule has 0 N–H and O–H groups in total. The van der Waals surface area contributed by atoms with E-state index in [1.165, 1.54) is 0 Å². The van der Waals surface area contributed by atoms with Gasteiger partial charge in [0.05, 0.1) is 6.54 Å². The second-order valence-corrected chi connectivity index (χ2v) is 5.85. The minimum Gasteiger partial charge on any atom is -0.381 e. The molecule has 0 aliphatic carbocycles. The molecular formula is C17H30N2O2. The fourth-order valence-electron chi connectivity index (χ4n) is 2.25. The predicted molar refractivity (Wildman–Crippen MR) is 86.0 cm³/mol. The van der Waals surface area contributed by atoms with Crippen molar-refractivity contribution >= 4 is 5.91 Å². The average Bonchev–Trinajstić information content (AvgIpc) is 2.47. The number of hydrogen-bond donors (Lipinski definition) is 0. The molecule has 0 unspecified atom stereocenters. The molecule has 4 nitrogen and oxygen atoms in total. The topological polar surface area (TPSA) is 32.8 Å². The van der Waals surface area contributed by atoms with Crippen LogP contribution in [0.2, 0.25) is 0 Å². The highest BCUT2D eigenvalue weighted by Gasteiger charge is 2.19. The number of amides is 1. The zero-order valence-electron chi connectivity index (χ0n) is 13.9. The molecule has 120 valence electrons. The first-order valence-corrected chi connectivity index (χ1v) is 8.19. The number of carbonyl (C=O) groups is 1. The van der Waals surface area contributed by atoms with Crippen molar-refractivity contribution in [2.75, 3.05) is 45.9 Å². The standard InChI is InChI=1S/C17H30N2O2/c1-4-14-21-15-6-8-17(20)19-12-10-18(11-13-19)9-5-7-16(2)3/h16H,4,6,8-15H2,1-3H3. The van der Waals surface area contributed by atoms with Crippen LogP contribution in [0, 0.1) is 17.8 Å². The van der Waals surface area contributed by atoms with Gasteiger partial charge in [0.2, 0.25) is 5.91 Å². The van der Waals surface area contributed by atoms with Gasteiger partial charge < -0.3 is 9.64 Å². The van der Waals surface area contributed by atoms with Gasteiger partial charge in [-0.15, -0.1) is 0 Å². The summed E-state index contributed by atoms with van der Waals surface area (Å²) in [5.74, 6) is 7.09. The van der Waals surface area contributed by atoms with Gasteiger partial charge in [0.25, 0.3) is 0 Å². The van der Waals surface area contributed by atoms with Gasteiger partial charge in [0.1, 0.15) is 0 Å². The van der Waals surface area contributed by atoms with E-state index < -0.39 is 0 Å². The largest absolute Gasteiger partial charge is 0.381 e. The monoisotopic (exact) mass is 294 g/mol. The Balaban J connectivity index is 2.14. The van der Waals surface area contributed by atoms with Crippen molar-refractivity contribution in [2.24, 2.45) is 5.92 Å². The van der Waals surface area contributed by atoms with Crippen LogP contribution >= 0.6 is 0 Å². The van der Waals surface area contributed by atoms with Crippen molar-refractivity contribution in [3.63, 3.8) is 0 Å². The minimum atomic E-state index is 0.267. The average molecular weight is 294 g/mol. The third-order valence-electron chi connectivity index (χ3n) is 3.45. The second kappa shape index (κ2) is 10.6. The van der Waals surface area contributed by atoms with E-state index in [1.807, 2.05) is 4.90 Å². The SMILES string of the molecule is CCCOCCCC(=O)N1CCN(CC#CC(C)C)CC1. The van der Waals surface area contributed by atoms with Crippen LogP contribution in [0.5, 0.6) is 0 Å². The zero-order valence-corrected chi connectivity index (χ0v) is 13.9. The Kier molecular flexibility index (Phi) is 9.12. The molecule has 0 aromatic heterocycles. The lowest BCUT2D eigenvalue weighted by Gasteiger charge is -2.33. The normalized spacial score (nSPS) is 15.9. The molecular weight excluding hydrogens is 264 g/mol. The van der Waals surface area contributed by atoms with Crippen molar-refractivity contribution in [3.8, 4) is 11.8 Å². The number of hydrogen-bond acceptors (Lipinski definition) is 3. The van der Waals surface area contributed by atoms with Gasteiger partial charge in [0, 0.05) is 51.7 Å². The van der Waals surface area contributed by atoms with Gasteiger partial charge in [0.15, 0.2) is 0 Å². The van der Waals surface area contributed by atoms with Gasteiger partial charge in [-0.25, -0.2) is 0 Å². The first kappa shape index (κ1) is 18.0. The highest BCUT2D eigenvalue weighted by atomic mass is 16.5. The predicted octanol–water partition coefficient (Wildman–Crippen LogP) is 2.00. The van der Waals surface area contributed by atoms with Crippen molar-refractivity contribution in [3.05, 3.63) is 0 Å². The molecule has 0 radical (unpaired) electrons. The summed E-state index contributed by atoms with van der Waals surface area (Å²) in [5.41, 5.74) is 0. The first-order chi connectivity index (χ1) is 10.1. The Labute approximate surface area is 129 Å². The molecule has 1 amide bonds. The molecule has 0 spiro atoms. The van der Waals surface area contributed by atoms with Crippen molar-refractivity contribution in [2.45, 2.75) is 40.0 Å². The lowest BCUT2D eigenvalue weighted by molar-refractivity contribution is -0.133. The van der Waals surface area contributed by atoms with Gasteiger partial charge in [-0.05, 0) is 12.8 Å². The van der Waals surface area contributed by atoms with Crippen LogP contribution in [-0.2, 0) is 9.53 Å². The number of nitrogens with zero attached hydrogens (tertiary/aromatic N) is 2. The smallest absolute Gasteiger partial charge is 0.222 e. The van der Waals surface area contributed by atoms with Crippen LogP contribution in [0.4, 0.5) is 0 Å². The minimum absolute atomic E-state index is 0.267. The Morgan fingerprint density at radius 1 is 1.19 bits per heavy atom. The molecule has 0 saturated carbocycles. The summed E-state index contributed by atoms with van der Waals surface area (Å²) in [6.07, 6.45) is 2.48. The number of piperazine rings is 1. The fraction of sp³-hybridized carbons (Fsp3) is 0.824. The van der Waals surface area contributed by atoms with Crippen LogP contribution < -0.4 is 0 Å². The molecule has 0 aromatic rings. The molecule has 0 atom stereocenters. The summed E-state index contributed by atoms with van der Waals surface area (Å²) >= 11 is 0. The molecule has 1 aliphatic rings. The molecule has 1 rings (SSSR count). The summed E-state index contributed by atoms with van der Waals surface area (Å²) in [4.78, 5) is 16.4. The lowest BCUT2D eigenvalue weighted by atomic mass is 10.2. The summed E-state index contributed by atoms with van der Waals surface area (Å²) in [6.45, 7) is 12.2. The van der Waals surface area contributed by atoms with E-state index in [1.54, 1.807) is 0 Å². The molecule has 0 bridgehead atoms.